The summed E-state index contributed by atoms with van der Waals surface area (Å²) in [5, 5.41) is 3.03. The molecule has 0 saturated heterocycles. The van der Waals surface area contributed by atoms with Gasteiger partial charge in [-0.15, -0.1) is 0 Å². The van der Waals surface area contributed by atoms with E-state index in [2.05, 4.69) is 20.0 Å². The number of hydrogen-bond acceptors (Lipinski definition) is 7. The van der Waals surface area contributed by atoms with Gasteiger partial charge in [0.1, 0.15) is 10.6 Å². The molecule has 0 bridgehead atoms. The number of nitrogens with zero attached hydrogens (tertiary/aromatic N) is 2. The number of ether oxygens (including phenoxy) is 1. The van der Waals surface area contributed by atoms with E-state index in [4.69, 9.17) is 4.42 Å². The molecule has 1 amide bonds. The normalized spacial score (nSPS) is 10.6. The number of carbonyl (C=O) groups excluding carboxylic acids is 2. The topological polar surface area (TPSA) is 94.3 Å². The highest BCUT2D eigenvalue weighted by Crippen LogP contribution is 2.24. The summed E-state index contributed by atoms with van der Waals surface area (Å²) >= 11 is 1.08. The van der Waals surface area contributed by atoms with Crippen LogP contribution >= 0.6 is 11.3 Å². The van der Waals surface area contributed by atoms with Crippen molar-refractivity contribution in [3.05, 3.63) is 52.4 Å². The van der Waals surface area contributed by atoms with Crippen LogP contribution < -0.4 is 5.32 Å². The molecule has 0 aliphatic carbocycles. The summed E-state index contributed by atoms with van der Waals surface area (Å²) in [7, 11) is 1.30. The molecular weight excluding hydrogens is 354 g/mol. The van der Waals surface area contributed by atoms with Crippen LogP contribution in [0, 0.1) is 13.8 Å². The van der Waals surface area contributed by atoms with E-state index in [0.717, 1.165) is 16.9 Å². The number of aryl methyl sites for hydroxylation is 2. The number of benzene rings is 1. The Hall–Kier alpha value is -3.00. The van der Waals surface area contributed by atoms with Crippen LogP contribution in [0.2, 0.25) is 0 Å². The SMILES string of the molecule is COC(=O)c1sc(NC(=O)Cc2nc(-c3ccccc3)oc2C)nc1C. The maximum atomic E-state index is 12.3. The number of esters is 1. The van der Waals surface area contributed by atoms with Gasteiger partial charge in [0.2, 0.25) is 11.8 Å². The number of thiazole rings is 1. The molecule has 2 aromatic heterocycles. The fourth-order valence-electron chi connectivity index (χ4n) is 2.34. The summed E-state index contributed by atoms with van der Waals surface area (Å²) < 4.78 is 10.3. The second kappa shape index (κ2) is 7.49. The van der Waals surface area contributed by atoms with Crippen LogP contribution in [0.15, 0.2) is 34.7 Å². The Morgan fingerprint density at radius 3 is 2.62 bits per heavy atom. The third-order valence-corrected chi connectivity index (χ3v) is 4.71. The second-order valence-corrected chi connectivity index (χ2v) is 6.54. The Morgan fingerprint density at radius 1 is 1.19 bits per heavy atom. The Labute approximate surface area is 154 Å². The molecule has 1 N–H and O–H groups in total. The Kier molecular flexibility index (Phi) is 5.13. The lowest BCUT2D eigenvalue weighted by molar-refractivity contribution is -0.115. The van der Waals surface area contributed by atoms with Gasteiger partial charge in [0.15, 0.2) is 5.13 Å². The quantitative estimate of drug-likeness (QED) is 0.691. The number of anilines is 1. The van der Waals surface area contributed by atoms with E-state index in [1.807, 2.05) is 30.3 Å². The molecule has 0 unspecified atom stereocenters. The number of carbonyl (C=O) groups is 2. The van der Waals surface area contributed by atoms with E-state index in [-0.39, 0.29) is 12.3 Å². The predicted octanol–water partition coefficient (Wildman–Crippen LogP) is 3.38. The van der Waals surface area contributed by atoms with E-state index in [1.165, 1.54) is 7.11 Å². The van der Waals surface area contributed by atoms with Gasteiger partial charge < -0.3 is 14.5 Å². The van der Waals surface area contributed by atoms with Crippen molar-refractivity contribution in [2.24, 2.45) is 0 Å². The van der Waals surface area contributed by atoms with Crippen LogP contribution in [0.1, 0.15) is 26.8 Å². The maximum Gasteiger partial charge on any atom is 0.350 e. The van der Waals surface area contributed by atoms with Gasteiger partial charge in [-0.2, -0.15) is 0 Å². The van der Waals surface area contributed by atoms with E-state index in [9.17, 15) is 9.59 Å². The molecule has 134 valence electrons. The van der Waals surface area contributed by atoms with Crippen molar-refractivity contribution in [3.8, 4) is 11.5 Å². The summed E-state index contributed by atoms with van der Waals surface area (Å²) in [4.78, 5) is 32.9. The molecule has 1 aromatic carbocycles. The van der Waals surface area contributed by atoms with Crippen molar-refractivity contribution >= 4 is 28.3 Å². The Bertz CT molecular complexity index is 947. The van der Waals surface area contributed by atoms with Crippen LogP contribution in [0.5, 0.6) is 0 Å². The number of nitrogens with one attached hydrogen (secondary N) is 1. The van der Waals surface area contributed by atoms with E-state index < -0.39 is 5.97 Å². The van der Waals surface area contributed by atoms with Gasteiger partial charge in [0.25, 0.3) is 0 Å². The second-order valence-electron chi connectivity index (χ2n) is 5.54. The van der Waals surface area contributed by atoms with Gasteiger partial charge in [-0.25, -0.2) is 14.8 Å². The molecule has 2 heterocycles. The third kappa shape index (κ3) is 3.80. The van der Waals surface area contributed by atoms with Crippen molar-refractivity contribution < 1.29 is 18.7 Å². The number of hydrogen-bond donors (Lipinski definition) is 1. The molecule has 0 aliphatic rings. The average molecular weight is 371 g/mol. The van der Waals surface area contributed by atoms with Crippen LogP contribution in [-0.4, -0.2) is 29.0 Å². The highest BCUT2D eigenvalue weighted by atomic mass is 32.1. The number of oxazole rings is 1. The fraction of sp³-hybridized carbons (Fsp3) is 0.222. The minimum atomic E-state index is -0.472. The first-order chi connectivity index (χ1) is 12.5. The first kappa shape index (κ1) is 17.8. The van der Waals surface area contributed by atoms with Crippen molar-refractivity contribution in [3.63, 3.8) is 0 Å². The van der Waals surface area contributed by atoms with Gasteiger partial charge in [-0.3, -0.25) is 4.79 Å². The van der Waals surface area contributed by atoms with Crippen LogP contribution in [0.4, 0.5) is 5.13 Å². The van der Waals surface area contributed by atoms with Crippen molar-refractivity contribution in [1.29, 1.82) is 0 Å². The number of aromatic nitrogens is 2. The van der Waals surface area contributed by atoms with Gasteiger partial charge in [0, 0.05) is 5.56 Å². The fourth-order valence-corrected chi connectivity index (χ4v) is 3.24. The van der Waals surface area contributed by atoms with E-state index >= 15 is 0 Å². The van der Waals surface area contributed by atoms with Crippen molar-refractivity contribution in [2.75, 3.05) is 12.4 Å². The van der Waals surface area contributed by atoms with Crippen molar-refractivity contribution in [2.45, 2.75) is 20.3 Å². The smallest absolute Gasteiger partial charge is 0.350 e. The largest absolute Gasteiger partial charge is 0.465 e. The highest BCUT2D eigenvalue weighted by molar-refractivity contribution is 7.17. The third-order valence-electron chi connectivity index (χ3n) is 3.66. The van der Waals surface area contributed by atoms with Crippen molar-refractivity contribution in [1.82, 2.24) is 9.97 Å². The molecule has 3 aromatic rings. The van der Waals surface area contributed by atoms with E-state index in [0.29, 0.717) is 33.0 Å². The van der Waals surface area contributed by atoms with Crippen LogP contribution in [0.25, 0.3) is 11.5 Å². The lowest BCUT2D eigenvalue weighted by Crippen LogP contribution is -2.15. The molecule has 0 aliphatic heterocycles. The monoisotopic (exact) mass is 371 g/mol. The summed E-state index contributed by atoms with van der Waals surface area (Å²) in [5.74, 6) is 0.306. The molecule has 0 atom stereocenters. The summed E-state index contributed by atoms with van der Waals surface area (Å²) in [6.07, 6.45) is 0.0500. The zero-order chi connectivity index (χ0) is 18.7. The first-order valence-electron chi connectivity index (χ1n) is 7.85. The van der Waals surface area contributed by atoms with Crippen LogP contribution in [-0.2, 0) is 16.0 Å². The summed E-state index contributed by atoms with van der Waals surface area (Å²) in [6.45, 7) is 3.46. The lowest BCUT2D eigenvalue weighted by Gasteiger charge is -1.99. The molecule has 3 rings (SSSR count). The molecule has 26 heavy (non-hydrogen) atoms. The lowest BCUT2D eigenvalue weighted by atomic mass is 10.2. The Balaban J connectivity index is 1.71. The Morgan fingerprint density at radius 2 is 1.92 bits per heavy atom. The molecule has 0 spiro atoms. The highest BCUT2D eigenvalue weighted by Gasteiger charge is 2.19. The zero-order valence-corrected chi connectivity index (χ0v) is 15.3. The zero-order valence-electron chi connectivity index (χ0n) is 14.5. The molecule has 7 nitrogen and oxygen atoms in total. The molecular formula is C18H17N3O4S. The number of rotatable bonds is 5. The predicted molar refractivity (Wildman–Crippen MR) is 97.2 cm³/mol. The minimum Gasteiger partial charge on any atom is -0.465 e. The average Bonchev–Trinajstić information content (AvgIpc) is 3.17. The first-order valence-corrected chi connectivity index (χ1v) is 8.67. The van der Waals surface area contributed by atoms with Gasteiger partial charge in [-0.05, 0) is 26.0 Å². The van der Waals surface area contributed by atoms with E-state index in [1.54, 1.807) is 13.8 Å². The minimum absolute atomic E-state index is 0.0500. The molecule has 8 heteroatoms. The van der Waals surface area contributed by atoms with Gasteiger partial charge in [-0.1, -0.05) is 29.5 Å². The molecule has 0 fully saturated rings. The summed E-state index contributed by atoms with van der Waals surface area (Å²) in [5.41, 5.74) is 1.92. The molecule has 0 radical (unpaired) electrons. The van der Waals surface area contributed by atoms with Gasteiger partial charge in [0.05, 0.1) is 24.9 Å². The number of amides is 1. The van der Waals surface area contributed by atoms with Crippen LogP contribution in [0.3, 0.4) is 0 Å². The summed E-state index contributed by atoms with van der Waals surface area (Å²) in [6, 6.07) is 9.48. The molecule has 0 saturated carbocycles. The van der Waals surface area contributed by atoms with Gasteiger partial charge >= 0.3 is 5.97 Å². The standard InChI is InChI=1S/C18H17N3O4S/c1-10-15(17(23)24-3)26-18(19-10)21-14(22)9-13-11(2)25-16(20-13)12-7-5-4-6-8-12/h4-8H,9H2,1-3H3,(H,19,21,22). The number of methoxy groups -OCH3 is 1. The maximum absolute atomic E-state index is 12.3.